The summed E-state index contributed by atoms with van der Waals surface area (Å²) in [5, 5.41) is 14.9. The number of halogens is 2. The highest BCUT2D eigenvalue weighted by Gasteiger charge is 2.35. The molecule has 1 aromatic carbocycles. The van der Waals surface area contributed by atoms with Gasteiger partial charge >= 0.3 is 12.6 Å². The van der Waals surface area contributed by atoms with Crippen molar-refractivity contribution in [2.45, 2.75) is 89.5 Å². The van der Waals surface area contributed by atoms with E-state index < -0.39 is 25.0 Å². The lowest BCUT2D eigenvalue weighted by atomic mass is 10.1. The lowest BCUT2D eigenvalue weighted by Crippen LogP contribution is -2.41. The first-order valence-corrected chi connectivity index (χ1v) is 13.3. The zero-order valence-electron chi connectivity index (χ0n) is 22.7. The van der Waals surface area contributed by atoms with Crippen LogP contribution in [0.5, 0.6) is 11.5 Å². The van der Waals surface area contributed by atoms with Crippen LogP contribution in [0.2, 0.25) is 0 Å². The van der Waals surface area contributed by atoms with Crippen LogP contribution in [0.4, 0.5) is 14.5 Å². The third-order valence-electron chi connectivity index (χ3n) is 7.00. The Morgan fingerprint density at radius 1 is 1.21 bits per heavy atom. The van der Waals surface area contributed by atoms with Gasteiger partial charge in [-0.15, -0.1) is 0 Å². The molecule has 1 aliphatic heterocycles. The van der Waals surface area contributed by atoms with Gasteiger partial charge in [0.25, 0.3) is 0 Å². The predicted molar refractivity (Wildman–Crippen MR) is 139 cm³/mol. The first-order valence-electron chi connectivity index (χ1n) is 13.3. The summed E-state index contributed by atoms with van der Waals surface area (Å²) in [5.41, 5.74) is 1.11. The van der Waals surface area contributed by atoms with E-state index in [2.05, 4.69) is 5.32 Å². The van der Waals surface area contributed by atoms with Gasteiger partial charge in [-0.3, -0.25) is 14.5 Å². The summed E-state index contributed by atoms with van der Waals surface area (Å²) in [6.07, 6.45) is 7.69. The maximum atomic E-state index is 13.4. The van der Waals surface area contributed by atoms with Gasteiger partial charge in [0.2, 0.25) is 6.29 Å². The monoisotopic (exact) mass is 541 g/mol. The quantitative estimate of drug-likeness (QED) is 0.203. The van der Waals surface area contributed by atoms with E-state index in [-0.39, 0.29) is 23.5 Å². The highest BCUT2D eigenvalue weighted by molar-refractivity contribution is 5.75. The van der Waals surface area contributed by atoms with E-state index in [1.807, 2.05) is 31.0 Å². The van der Waals surface area contributed by atoms with E-state index in [9.17, 15) is 18.7 Å². The second-order valence-corrected chi connectivity index (χ2v) is 9.66. The molecular weight excluding hydrogens is 500 g/mol. The van der Waals surface area contributed by atoms with Gasteiger partial charge in [0.05, 0.1) is 18.9 Å². The number of ether oxygens (including phenoxy) is 3. The van der Waals surface area contributed by atoms with Crippen LogP contribution < -0.4 is 14.8 Å². The molecule has 1 unspecified atom stereocenters. The van der Waals surface area contributed by atoms with E-state index in [0.29, 0.717) is 37.2 Å². The molecule has 0 spiro atoms. The number of rotatable bonds is 14. The highest BCUT2D eigenvalue weighted by atomic mass is 19.3. The number of allylic oxidation sites excluding steroid dienone is 1. The maximum absolute atomic E-state index is 13.4. The van der Waals surface area contributed by atoms with Crippen molar-refractivity contribution >= 4 is 11.7 Å². The number of nitrogens with zero attached hydrogens (tertiary/aromatic N) is 2. The first-order chi connectivity index (χ1) is 18.3. The fourth-order valence-electron chi connectivity index (χ4n) is 5.07. The number of nitrogens with one attached hydrogen (secondary N) is 1. The summed E-state index contributed by atoms with van der Waals surface area (Å²) < 4.78 is 42.8. The van der Waals surface area contributed by atoms with E-state index in [1.54, 1.807) is 18.2 Å². The van der Waals surface area contributed by atoms with E-state index in [4.69, 9.17) is 19.0 Å². The molecule has 0 radical (unpaired) electrons. The van der Waals surface area contributed by atoms with Crippen molar-refractivity contribution in [1.29, 1.82) is 0 Å². The molecule has 1 aliphatic carbocycles. The van der Waals surface area contributed by atoms with Gasteiger partial charge in [-0.1, -0.05) is 19.1 Å². The fourth-order valence-corrected chi connectivity index (χ4v) is 5.07. The number of hydrogen-bond donors (Lipinski definition) is 2. The topological polar surface area (TPSA) is 92.7 Å². The lowest BCUT2D eigenvalue weighted by Gasteiger charge is -2.29. The number of aliphatic hydroxyl groups is 1. The average molecular weight is 542 g/mol. The van der Waals surface area contributed by atoms with Gasteiger partial charge in [-0.2, -0.15) is 13.8 Å². The zero-order valence-corrected chi connectivity index (χ0v) is 22.7. The van der Waals surface area contributed by atoms with Crippen LogP contribution >= 0.6 is 0 Å². The van der Waals surface area contributed by atoms with E-state index in [1.165, 1.54) is 13.2 Å². The Labute approximate surface area is 223 Å². The summed E-state index contributed by atoms with van der Waals surface area (Å²) in [5.74, 6) is -0.112. The molecule has 2 aliphatic rings. The smallest absolute Gasteiger partial charge is 0.387 e. The maximum Gasteiger partial charge on any atom is 0.387 e. The van der Waals surface area contributed by atoms with E-state index >= 15 is 0 Å². The van der Waals surface area contributed by atoms with Gasteiger partial charge in [-0.05, 0) is 51.6 Å². The molecule has 0 aromatic heterocycles. The predicted octanol–water partition coefficient (Wildman–Crippen LogP) is 4.31. The molecule has 1 saturated carbocycles. The molecule has 1 aromatic rings. The molecule has 2 N–H and O–H groups in total. The first kappa shape index (κ1) is 30.1. The summed E-state index contributed by atoms with van der Waals surface area (Å²) in [6, 6.07) is 2.58. The molecule has 11 heteroatoms. The molecule has 214 valence electrons. The Hall–Kier alpha value is -2.47. The van der Waals surface area contributed by atoms with Gasteiger partial charge in [0.1, 0.15) is 17.5 Å². The third-order valence-corrected chi connectivity index (χ3v) is 7.00. The minimum Gasteiger partial charge on any atom is -0.468 e. The number of likely N-dealkylation sites (N-methyl/N-ethyl adjacent to an activating group) is 1. The van der Waals surface area contributed by atoms with Gasteiger partial charge in [0.15, 0.2) is 0 Å². The fraction of sp³-hybridized carbons (Fsp3) is 0.667. The Bertz CT molecular complexity index is 934. The lowest BCUT2D eigenvalue weighted by molar-refractivity contribution is -0.259. The number of anilines is 1. The standard InChI is InChI=1S/C27H41F2N3O6/c1-5-6-7-13-25(38-32-14-9-11-21(32)26(34)35-4)36-24-16-23(37-27(28)29)18(15-19(24)30-2)17-31(3)20-10-8-12-22(20)33/h6-7,15-16,20-22,25,27,30,33H,5,8-14,17H2,1-4H3/b7-6-/t20-,21+,22+,25?/m1/s1. The van der Waals surface area contributed by atoms with Crippen LogP contribution in [0.3, 0.4) is 0 Å². The number of hydroxylamine groups is 2. The zero-order chi connectivity index (χ0) is 27.7. The third kappa shape index (κ3) is 8.02. The Morgan fingerprint density at radius 3 is 2.63 bits per heavy atom. The van der Waals surface area contributed by atoms with Crippen LogP contribution in [0.15, 0.2) is 24.3 Å². The molecule has 0 bridgehead atoms. The number of benzene rings is 1. The largest absolute Gasteiger partial charge is 0.468 e. The van der Waals surface area contributed by atoms with Crippen molar-refractivity contribution in [3.8, 4) is 11.5 Å². The number of hydrogen-bond acceptors (Lipinski definition) is 9. The van der Waals surface area contributed by atoms with Crippen molar-refractivity contribution < 1.29 is 37.7 Å². The number of carbonyl (C=O) groups is 1. The molecule has 38 heavy (non-hydrogen) atoms. The van der Waals surface area contributed by atoms with Crippen LogP contribution in [-0.2, 0) is 20.9 Å². The summed E-state index contributed by atoms with van der Waals surface area (Å²) in [6.45, 7) is -0.163. The molecular formula is C27H41F2N3O6. The van der Waals surface area contributed by atoms with Crippen molar-refractivity contribution in [2.24, 2.45) is 0 Å². The minimum atomic E-state index is -3.02. The Morgan fingerprint density at radius 2 is 2.00 bits per heavy atom. The molecule has 2 fully saturated rings. The second-order valence-electron chi connectivity index (χ2n) is 9.66. The molecule has 3 rings (SSSR count). The van der Waals surface area contributed by atoms with Gasteiger partial charge in [-0.25, -0.2) is 0 Å². The number of alkyl halides is 2. The minimum absolute atomic E-state index is 0.00945. The summed E-state index contributed by atoms with van der Waals surface area (Å²) in [4.78, 5) is 20.3. The molecule has 0 amide bonds. The Kier molecular flexibility index (Phi) is 11.6. The average Bonchev–Trinajstić information content (AvgIpc) is 3.53. The normalized spacial score (nSPS) is 22.9. The highest BCUT2D eigenvalue weighted by Crippen LogP contribution is 2.37. The van der Waals surface area contributed by atoms with Crippen LogP contribution in [0, 0.1) is 0 Å². The number of carbonyl (C=O) groups excluding carboxylic acids is 1. The van der Waals surface area contributed by atoms with Crippen LogP contribution in [-0.4, -0.2) is 79.9 Å². The second kappa shape index (κ2) is 14.6. The number of aliphatic hydroxyl groups excluding tert-OH is 1. The molecule has 1 saturated heterocycles. The van der Waals surface area contributed by atoms with Crippen molar-refractivity contribution in [3.63, 3.8) is 0 Å². The summed E-state index contributed by atoms with van der Waals surface area (Å²) >= 11 is 0. The van der Waals surface area contributed by atoms with Gasteiger partial charge < -0.3 is 24.6 Å². The van der Waals surface area contributed by atoms with Crippen LogP contribution in [0.1, 0.15) is 57.4 Å². The summed E-state index contributed by atoms with van der Waals surface area (Å²) in [7, 11) is 4.92. The van der Waals surface area contributed by atoms with Crippen LogP contribution in [0.25, 0.3) is 0 Å². The number of methoxy groups -OCH3 is 1. The van der Waals surface area contributed by atoms with Crippen molar-refractivity contribution in [3.05, 3.63) is 29.8 Å². The molecule has 9 nitrogen and oxygen atoms in total. The SMILES string of the molecule is CC/C=C\CC(Oc1cc(OC(F)F)c(CN(C)[C@@H]2CCC[C@@H]2O)cc1NC)ON1CCC[C@H]1C(=O)OC. The van der Waals surface area contributed by atoms with E-state index in [0.717, 1.165) is 32.1 Å². The number of esters is 1. The van der Waals surface area contributed by atoms with Gasteiger partial charge in [0, 0.05) is 44.2 Å². The molecule has 1 heterocycles. The molecule has 4 atom stereocenters. The van der Waals surface area contributed by atoms with Crippen molar-refractivity contribution in [1.82, 2.24) is 9.96 Å². The Balaban J connectivity index is 1.86. The van der Waals surface area contributed by atoms with Crippen molar-refractivity contribution in [2.75, 3.05) is 33.1 Å².